The van der Waals surface area contributed by atoms with Crippen LogP contribution in [0.3, 0.4) is 0 Å². The minimum absolute atomic E-state index is 0.102. The van der Waals surface area contributed by atoms with Gasteiger partial charge in [0.1, 0.15) is 5.41 Å². The standard InChI is InChI=1S/C18H21F3N2O2/c1-17(2,16(24)25)7-6-13-4-3-5-15(18(19,20)21)14(13)12-23-10-8-22-9-11-23/h3-5,22H,8-12H2,1-2H3,(H,24,25). The van der Waals surface area contributed by atoms with Crippen molar-refractivity contribution in [2.75, 3.05) is 26.2 Å². The van der Waals surface area contributed by atoms with Gasteiger partial charge in [-0.05, 0) is 31.5 Å². The number of carboxylic acids is 1. The van der Waals surface area contributed by atoms with E-state index in [2.05, 4.69) is 17.2 Å². The molecule has 136 valence electrons. The Labute approximate surface area is 145 Å². The predicted octanol–water partition coefficient (Wildman–Crippen LogP) is 2.57. The van der Waals surface area contributed by atoms with Gasteiger partial charge in [0.05, 0.1) is 5.56 Å². The molecule has 0 unspecified atom stereocenters. The summed E-state index contributed by atoms with van der Waals surface area (Å²) in [5.74, 6) is 4.13. The van der Waals surface area contributed by atoms with Crippen LogP contribution in [0.15, 0.2) is 18.2 Å². The fourth-order valence-electron chi connectivity index (χ4n) is 2.51. The lowest BCUT2D eigenvalue weighted by molar-refractivity contribution is -0.143. The van der Waals surface area contributed by atoms with E-state index in [1.807, 2.05) is 4.90 Å². The van der Waals surface area contributed by atoms with Crippen molar-refractivity contribution >= 4 is 5.97 Å². The number of rotatable bonds is 3. The first kappa shape index (κ1) is 19.3. The number of piperazine rings is 1. The summed E-state index contributed by atoms with van der Waals surface area (Å²) in [5.41, 5.74) is -1.72. The summed E-state index contributed by atoms with van der Waals surface area (Å²) < 4.78 is 40.2. The second-order valence-corrected chi connectivity index (χ2v) is 6.54. The summed E-state index contributed by atoms with van der Waals surface area (Å²) >= 11 is 0. The van der Waals surface area contributed by atoms with Crippen LogP contribution in [-0.2, 0) is 17.5 Å². The normalized spacial score (nSPS) is 16.2. The molecular weight excluding hydrogens is 333 g/mol. The zero-order chi connectivity index (χ0) is 18.7. The second-order valence-electron chi connectivity index (χ2n) is 6.54. The van der Waals surface area contributed by atoms with Crippen molar-refractivity contribution in [2.24, 2.45) is 5.41 Å². The highest BCUT2D eigenvalue weighted by atomic mass is 19.4. The van der Waals surface area contributed by atoms with Crippen LogP contribution < -0.4 is 5.32 Å². The minimum atomic E-state index is -4.48. The Hall–Kier alpha value is -2.04. The first-order chi connectivity index (χ1) is 11.6. The van der Waals surface area contributed by atoms with E-state index in [-0.39, 0.29) is 17.7 Å². The number of carbonyl (C=O) groups is 1. The predicted molar refractivity (Wildman–Crippen MR) is 87.9 cm³/mol. The number of hydrogen-bond acceptors (Lipinski definition) is 3. The van der Waals surface area contributed by atoms with E-state index < -0.39 is 23.1 Å². The smallest absolute Gasteiger partial charge is 0.416 e. The molecule has 1 aliphatic heterocycles. The highest BCUT2D eigenvalue weighted by Gasteiger charge is 2.34. The van der Waals surface area contributed by atoms with E-state index in [9.17, 15) is 18.0 Å². The molecule has 0 amide bonds. The molecule has 2 N–H and O–H groups in total. The van der Waals surface area contributed by atoms with Gasteiger partial charge in [0, 0.05) is 38.3 Å². The molecule has 1 heterocycles. The lowest BCUT2D eigenvalue weighted by atomic mass is 9.93. The zero-order valence-electron chi connectivity index (χ0n) is 14.2. The van der Waals surface area contributed by atoms with Gasteiger partial charge in [-0.1, -0.05) is 17.9 Å². The Morgan fingerprint density at radius 2 is 1.92 bits per heavy atom. The number of nitrogens with zero attached hydrogens (tertiary/aromatic N) is 1. The van der Waals surface area contributed by atoms with Crippen LogP contribution in [-0.4, -0.2) is 42.2 Å². The van der Waals surface area contributed by atoms with Crippen LogP contribution in [0, 0.1) is 17.3 Å². The monoisotopic (exact) mass is 354 g/mol. The molecule has 0 atom stereocenters. The molecule has 25 heavy (non-hydrogen) atoms. The second kappa shape index (κ2) is 7.46. The Morgan fingerprint density at radius 1 is 1.28 bits per heavy atom. The number of benzene rings is 1. The number of alkyl halides is 3. The van der Waals surface area contributed by atoms with Gasteiger partial charge in [-0.25, -0.2) is 0 Å². The Morgan fingerprint density at radius 3 is 2.48 bits per heavy atom. The SMILES string of the molecule is CC(C)(C#Cc1cccc(C(F)(F)F)c1CN1CCNCC1)C(=O)O. The number of hydrogen-bond donors (Lipinski definition) is 2. The molecule has 1 aromatic carbocycles. The minimum Gasteiger partial charge on any atom is -0.480 e. The van der Waals surface area contributed by atoms with E-state index in [0.717, 1.165) is 19.2 Å². The number of nitrogens with one attached hydrogen (secondary N) is 1. The molecule has 0 saturated carbocycles. The topological polar surface area (TPSA) is 52.6 Å². The van der Waals surface area contributed by atoms with Crippen LogP contribution in [0.1, 0.15) is 30.5 Å². The van der Waals surface area contributed by atoms with Crippen molar-refractivity contribution in [3.63, 3.8) is 0 Å². The summed E-state index contributed by atoms with van der Waals surface area (Å²) in [6.07, 6.45) is -4.48. The molecule has 1 aromatic rings. The van der Waals surface area contributed by atoms with Crippen molar-refractivity contribution in [1.29, 1.82) is 0 Å². The summed E-state index contributed by atoms with van der Waals surface area (Å²) in [6.45, 7) is 5.73. The van der Waals surface area contributed by atoms with Gasteiger partial charge in [-0.15, -0.1) is 0 Å². The van der Waals surface area contributed by atoms with Crippen molar-refractivity contribution in [1.82, 2.24) is 10.2 Å². The highest BCUT2D eigenvalue weighted by Crippen LogP contribution is 2.34. The molecule has 1 aliphatic rings. The summed E-state index contributed by atoms with van der Waals surface area (Å²) in [4.78, 5) is 13.1. The number of aliphatic carboxylic acids is 1. The molecule has 0 radical (unpaired) electrons. The molecule has 1 fully saturated rings. The Balaban J connectivity index is 2.45. The van der Waals surface area contributed by atoms with Crippen molar-refractivity contribution < 1.29 is 23.1 Å². The average Bonchev–Trinajstić information content (AvgIpc) is 2.53. The molecule has 0 spiro atoms. The molecule has 2 rings (SSSR count). The third-order valence-electron chi connectivity index (χ3n) is 4.12. The van der Waals surface area contributed by atoms with Crippen LogP contribution in [0.5, 0.6) is 0 Å². The maximum atomic E-state index is 13.4. The van der Waals surface area contributed by atoms with Gasteiger partial charge < -0.3 is 10.4 Å². The fraction of sp³-hybridized carbons (Fsp3) is 0.500. The maximum Gasteiger partial charge on any atom is 0.416 e. The first-order valence-electron chi connectivity index (χ1n) is 8.00. The van der Waals surface area contributed by atoms with Gasteiger partial charge in [-0.3, -0.25) is 9.69 Å². The zero-order valence-corrected chi connectivity index (χ0v) is 14.2. The molecule has 0 aromatic heterocycles. The van der Waals surface area contributed by atoms with E-state index in [1.54, 1.807) is 0 Å². The summed E-state index contributed by atoms with van der Waals surface area (Å²) in [7, 11) is 0. The average molecular weight is 354 g/mol. The van der Waals surface area contributed by atoms with Crippen LogP contribution in [0.4, 0.5) is 13.2 Å². The lowest BCUT2D eigenvalue weighted by Crippen LogP contribution is -2.43. The van der Waals surface area contributed by atoms with Crippen molar-refractivity contribution in [3.05, 3.63) is 34.9 Å². The van der Waals surface area contributed by atoms with Crippen molar-refractivity contribution in [3.8, 4) is 11.8 Å². The summed E-state index contributed by atoms with van der Waals surface area (Å²) in [5, 5.41) is 12.3. The molecule has 7 heteroatoms. The third kappa shape index (κ3) is 4.97. The maximum absolute atomic E-state index is 13.4. The van der Waals surface area contributed by atoms with Crippen LogP contribution in [0.25, 0.3) is 0 Å². The van der Waals surface area contributed by atoms with E-state index in [4.69, 9.17) is 5.11 Å². The third-order valence-corrected chi connectivity index (χ3v) is 4.12. The van der Waals surface area contributed by atoms with Gasteiger partial charge in [0.2, 0.25) is 0 Å². The van der Waals surface area contributed by atoms with E-state index in [1.165, 1.54) is 26.0 Å². The lowest BCUT2D eigenvalue weighted by Gasteiger charge is -2.28. The fourth-order valence-corrected chi connectivity index (χ4v) is 2.51. The van der Waals surface area contributed by atoms with E-state index in [0.29, 0.717) is 13.1 Å². The first-order valence-corrected chi connectivity index (χ1v) is 8.00. The van der Waals surface area contributed by atoms with Gasteiger partial charge in [-0.2, -0.15) is 13.2 Å². The Kier molecular flexibility index (Phi) is 5.76. The van der Waals surface area contributed by atoms with Gasteiger partial charge >= 0.3 is 12.1 Å². The van der Waals surface area contributed by atoms with Crippen molar-refractivity contribution in [2.45, 2.75) is 26.6 Å². The van der Waals surface area contributed by atoms with E-state index >= 15 is 0 Å². The molecular formula is C18H21F3N2O2. The number of halogens is 3. The molecule has 0 bridgehead atoms. The Bertz CT molecular complexity index is 696. The largest absolute Gasteiger partial charge is 0.480 e. The van der Waals surface area contributed by atoms with Crippen LogP contribution in [0.2, 0.25) is 0 Å². The molecule has 1 saturated heterocycles. The number of carboxylic acid groups (broad SMARTS) is 1. The quantitative estimate of drug-likeness (QED) is 0.820. The highest BCUT2D eigenvalue weighted by molar-refractivity contribution is 5.77. The summed E-state index contributed by atoms with van der Waals surface area (Å²) in [6, 6.07) is 3.87. The van der Waals surface area contributed by atoms with Gasteiger partial charge in [0.15, 0.2) is 0 Å². The van der Waals surface area contributed by atoms with Gasteiger partial charge in [0.25, 0.3) is 0 Å². The van der Waals surface area contributed by atoms with Crippen LogP contribution >= 0.6 is 0 Å². The molecule has 0 aliphatic carbocycles. The molecule has 4 nitrogen and oxygen atoms in total.